The molecule has 0 radical (unpaired) electrons. The van der Waals surface area contributed by atoms with Crippen LogP contribution in [0.3, 0.4) is 0 Å². The lowest BCUT2D eigenvalue weighted by Gasteiger charge is -2.04. The highest BCUT2D eigenvalue weighted by Crippen LogP contribution is 2.15. The molecule has 2 aromatic rings. The Morgan fingerprint density at radius 3 is 2.45 bits per heavy atom. The largest absolute Gasteiger partial charge is 0.507 e. The number of carbonyl (C=O) groups excluding carboxylic acids is 1. The molecular weight excluding hydrogens is 259 g/mol. The summed E-state index contributed by atoms with van der Waals surface area (Å²) in [7, 11) is 0. The van der Waals surface area contributed by atoms with Crippen LogP contribution in [0.1, 0.15) is 22.8 Å². The minimum Gasteiger partial charge on any atom is -0.507 e. The zero-order valence-corrected chi connectivity index (χ0v) is 10.8. The molecule has 4 nitrogen and oxygen atoms in total. The Labute approximate surface area is 115 Å². The molecule has 0 aliphatic rings. The van der Waals surface area contributed by atoms with E-state index >= 15 is 0 Å². The second-order valence-electron chi connectivity index (χ2n) is 4.16. The molecular formula is C15H13FN2O2. The lowest BCUT2D eigenvalue weighted by Crippen LogP contribution is -2.19. The molecule has 0 atom stereocenters. The number of hydrogen-bond acceptors (Lipinski definition) is 3. The zero-order chi connectivity index (χ0) is 14.5. The standard InChI is InChI=1S/C15H13FN2O2/c1-10(11-6-8-12(16)9-7-11)17-18-15(20)13-4-2-3-5-14(13)19/h2-9,19H,1H3,(H,18,20)/b17-10-. The minimum atomic E-state index is -0.510. The molecule has 20 heavy (non-hydrogen) atoms. The third-order valence-electron chi connectivity index (χ3n) is 2.74. The third-order valence-corrected chi connectivity index (χ3v) is 2.74. The van der Waals surface area contributed by atoms with Crippen LogP contribution in [0.15, 0.2) is 53.6 Å². The van der Waals surface area contributed by atoms with Gasteiger partial charge in [-0.3, -0.25) is 4.79 Å². The molecule has 0 bridgehead atoms. The summed E-state index contributed by atoms with van der Waals surface area (Å²) in [5.41, 5.74) is 3.72. The van der Waals surface area contributed by atoms with Gasteiger partial charge in [0.05, 0.1) is 11.3 Å². The van der Waals surface area contributed by atoms with Crippen molar-refractivity contribution in [1.82, 2.24) is 5.43 Å². The minimum absolute atomic E-state index is 0.111. The number of hydrogen-bond donors (Lipinski definition) is 2. The van der Waals surface area contributed by atoms with E-state index in [1.54, 1.807) is 31.2 Å². The van der Waals surface area contributed by atoms with E-state index in [1.165, 1.54) is 24.3 Å². The Balaban J connectivity index is 2.11. The first kappa shape index (κ1) is 13.7. The van der Waals surface area contributed by atoms with Gasteiger partial charge in [-0.1, -0.05) is 24.3 Å². The van der Waals surface area contributed by atoms with Gasteiger partial charge in [-0.2, -0.15) is 5.10 Å². The first-order valence-electron chi connectivity index (χ1n) is 5.96. The molecule has 102 valence electrons. The number of amides is 1. The fourth-order valence-corrected chi connectivity index (χ4v) is 1.62. The Kier molecular flexibility index (Phi) is 4.10. The van der Waals surface area contributed by atoms with Crippen LogP contribution >= 0.6 is 0 Å². The van der Waals surface area contributed by atoms with E-state index in [-0.39, 0.29) is 17.1 Å². The van der Waals surface area contributed by atoms with Crippen LogP contribution in [0.4, 0.5) is 4.39 Å². The fraction of sp³-hybridized carbons (Fsp3) is 0.0667. The zero-order valence-electron chi connectivity index (χ0n) is 10.8. The molecule has 0 aromatic heterocycles. The maximum Gasteiger partial charge on any atom is 0.275 e. The first-order valence-corrected chi connectivity index (χ1v) is 5.96. The predicted molar refractivity (Wildman–Crippen MR) is 74.2 cm³/mol. The van der Waals surface area contributed by atoms with E-state index < -0.39 is 5.91 Å². The van der Waals surface area contributed by atoms with Crippen LogP contribution in [0.25, 0.3) is 0 Å². The molecule has 0 unspecified atom stereocenters. The fourth-order valence-electron chi connectivity index (χ4n) is 1.62. The van der Waals surface area contributed by atoms with Gasteiger partial charge in [-0.05, 0) is 36.8 Å². The van der Waals surface area contributed by atoms with Gasteiger partial charge in [-0.15, -0.1) is 0 Å². The molecule has 0 heterocycles. The number of carbonyl (C=O) groups is 1. The van der Waals surface area contributed by atoms with Gasteiger partial charge in [0.2, 0.25) is 0 Å². The summed E-state index contributed by atoms with van der Waals surface area (Å²) >= 11 is 0. The lowest BCUT2D eigenvalue weighted by atomic mass is 10.1. The average Bonchev–Trinajstić information content (AvgIpc) is 2.45. The first-order chi connectivity index (χ1) is 9.58. The van der Waals surface area contributed by atoms with Gasteiger partial charge in [-0.25, -0.2) is 9.82 Å². The topological polar surface area (TPSA) is 61.7 Å². The van der Waals surface area contributed by atoms with E-state index in [1.807, 2.05) is 0 Å². The smallest absolute Gasteiger partial charge is 0.275 e. The van der Waals surface area contributed by atoms with Crippen molar-refractivity contribution in [3.05, 3.63) is 65.5 Å². The Morgan fingerprint density at radius 2 is 1.80 bits per heavy atom. The van der Waals surface area contributed by atoms with E-state index in [4.69, 9.17) is 0 Å². The number of nitrogens with one attached hydrogen (secondary N) is 1. The molecule has 0 spiro atoms. The number of para-hydroxylation sites is 1. The van der Waals surface area contributed by atoms with Crippen molar-refractivity contribution in [2.75, 3.05) is 0 Å². The number of benzene rings is 2. The van der Waals surface area contributed by atoms with Crippen molar-refractivity contribution < 1.29 is 14.3 Å². The molecule has 5 heteroatoms. The number of hydrazone groups is 1. The summed E-state index contributed by atoms with van der Waals surface area (Å²) in [6.45, 7) is 1.69. The van der Waals surface area contributed by atoms with Crippen LogP contribution < -0.4 is 5.43 Å². The molecule has 0 saturated carbocycles. The van der Waals surface area contributed by atoms with E-state index in [9.17, 15) is 14.3 Å². The number of aromatic hydroxyl groups is 1. The average molecular weight is 272 g/mol. The molecule has 2 rings (SSSR count). The number of nitrogens with zero attached hydrogens (tertiary/aromatic N) is 1. The lowest BCUT2D eigenvalue weighted by molar-refractivity contribution is 0.0952. The normalized spacial score (nSPS) is 11.2. The molecule has 0 saturated heterocycles. The van der Waals surface area contributed by atoms with E-state index in [0.29, 0.717) is 11.3 Å². The van der Waals surface area contributed by atoms with Crippen molar-refractivity contribution in [2.45, 2.75) is 6.92 Å². The second kappa shape index (κ2) is 5.97. The van der Waals surface area contributed by atoms with Crippen LogP contribution in [0, 0.1) is 5.82 Å². The Bertz CT molecular complexity index is 651. The quantitative estimate of drug-likeness (QED) is 0.666. The maximum absolute atomic E-state index is 12.8. The van der Waals surface area contributed by atoms with Crippen LogP contribution in [-0.4, -0.2) is 16.7 Å². The van der Waals surface area contributed by atoms with Crippen molar-refractivity contribution in [1.29, 1.82) is 0 Å². The van der Waals surface area contributed by atoms with Gasteiger partial charge < -0.3 is 5.11 Å². The summed E-state index contributed by atoms with van der Waals surface area (Å²) in [5.74, 6) is -0.955. The number of halogens is 1. The Hall–Kier alpha value is -2.69. The molecule has 2 N–H and O–H groups in total. The van der Waals surface area contributed by atoms with Crippen LogP contribution in [-0.2, 0) is 0 Å². The number of phenols is 1. The van der Waals surface area contributed by atoms with Gasteiger partial charge in [0.15, 0.2) is 0 Å². The molecule has 0 aliphatic heterocycles. The van der Waals surface area contributed by atoms with Gasteiger partial charge in [0.25, 0.3) is 5.91 Å². The van der Waals surface area contributed by atoms with E-state index in [2.05, 4.69) is 10.5 Å². The van der Waals surface area contributed by atoms with Crippen molar-refractivity contribution >= 4 is 11.6 Å². The summed E-state index contributed by atoms with van der Waals surface area (Å²) in [5, 5.41) is 13.5. The van der Waals surface area contributed by atoms with Gasteiger partial charge >= 0.3 is 0 Å². The van der Waals surface area contributed by atoms with Crippen LogP contribution in [0.5, 0.6) is 5.75 Å². The predicted octanol–water partition coefficient (Wildman–Crippen LogP) is 2.69. The molecule has 0 fully saturated rings. The van der Waals surface area contributed by atoms with Gasteiger partial charge in [0.1, 0.15) is 11.6 Å². The highest BCUT2D eigenvalue weighted by atomic mass is 19.1. The van der Waals surface area contributed by atoms with Gasteiger partial charge in [0, 0.05) is 0 Å². The summed E-state index contributed by atoms with van der Waals surface area (Å²) < 4.78 is 12.8. The third kappa shape index (κ3) is 3.20. The highest BCUT2D eigenvalue weighted by molar-refractivity contribution is 6.01. The summed E-state index contributed by atoms with van der Waals surface area (Å²) in [4.78, 5) is 11.8. The maximum atomic E-state index is 12.8. The van der Waals surface area contributed by atoms with Crippen molar-refractivity contribution in [3.63, 3.8) is 0 Å². The Morgan fingerprint density at radius 1 is 1.15 bits per heavy atom. The van der Waals surface area contributed by atoms with Crippen molar-refractivity contribution in [2.24, 2.45) is 5.10 Å². The van der Waals surface area contributed by atoms with E-state index in [0.717, 1.165) is 0 Å². The second-order valence-corrected chi connectivity index (χ2v) is 4.16. The number of rotatable bonds is 3. The SMILES string of the molecule is C/C(=N/NC(=O)c1ccccc1O)c1ccc(F)cc1. The molecule has 0 aliphatic carbocycles. The van der Waals surface area contributed by atoms with Crippen molar-refractivity contribution in [3.8, 4) is 5.75 Å². The summed E-state index contributed by atoms with van der Waals surface area (Å²) in [6, 6.07) is 12.0. The highest BCUT2D eigenvalue weighted by Gasteiger charge is 2.09. The molecule has 2 aromatic carbocycles. The monoisotopic (exact) mass is 272 g/mol. The molecule has 1 amide bonds. The summed E-state index contributed by atoms with van der Waals surface area (Å²) in [6.07, 6.45) is 0. The van der Waals surface area contributed by atoms with Crippen LogP contribution in [0.2, 0.25) is 0 Å². The number of phenolic OH excluding ortho intramolecular Hbond substituents is 1.